The summed E-state index contributed by atoms with van der Waals surface area (Å²) < 4.78 is 7.24. The highest BCUT2D eigenvalue weighted by Crippen LogP contribution is 2.28. The quantitative estimate of drug-likeness (QED) is 0.496. The van der Waals surface area contributed by atoms with E-state index in [1.165, 1.54) is 11.8 Å². The largest absolute Gasteiger partial charge is 0.461 e. The second kappa shape index (κ2) is 8.38. The van der Waals surface area contributed by atoms with Crippen LogP contribution in [0.25, 0.3) is 11.6 Å². The summed E-state index contributed by atoms with van der Waals surface area (Å²) in [6, 6.07) is 12.5. The third-order valence-electron chi connectivity index (χ3n) is 3.73. The van der Waals surface area contributed by atoms with E-state index in [1.54, 1.807) is 55.7 Å². The number of hydrogen-bond donors (Lipinski definition) is 1. The van der Waals surface area contributed by atoms with Gasteiger partial charge in [0.25, 0.3) is 0 Å². The van der Waals surface area contributed by atoms with Crippen LogP contribution in [0.3, 0.4) is 0 Å². The maximum atomic E-state index is 12.6. The lowest BCUT2D eigenvalue weighted by atomic mass is 10.2. The van der Waals surface area contributed by atoms with Crippen molar-refractivity contribution in [3.8, 4) is 17.7 Å². The van der Waals surface area contributed by atoms with E-state index in [1.807, 2.05) is 4.57 Å². The lowest BCUT2D eigenvalue weighted by Gasteiger charge is -2.13. The number of carbonyl (C=O) groups excluding carboxylic acids is 1. The predicted molar refractivity (Wildman–Crippen MR) is 103 cm³/mol. The Labute approximate surface area is 160 Å². The first-order valence-electron chi connectivity index (χ1n) is 8.18. The lowest BCUT2D eigenvalue weighted by Crippen LogP contribution is -2.23. The molecule has 1 amide bonds. The average molecular weight is 379 g/mol. The van der Waals surface area contributed by atoms with Gasteiger partial charge in [-0.05, 0) is 31.2 Å². The van der Waals surface area contributed by atoms with Gasteiger partial charge in [-0.15, -0.1) is 16.8 Å². The molecule has 0 fully saturated rings. The summed E-state index contributed by atoms with van der Waals surface area (Å²) >= 11 is 1.27. The Morgan fingerprint density at radius 3 is 2.93 bits per heavy atom. The summed E-state index contributed by atoms with van der Waals surface area (Å²) in [5.74, 6) is 0.941. The van der Waals surface area contributed by atoms with E-state index in [9.17, 15) is 4.79 Å². The van der Waals surface area contributed by atoms with E-state index in [0.29, 0.717) is 34.5 Å². The lowest BCUT2D eigenvalue weighted by molar-refractivity contribution is -0.115. The number of furan rings is 1. The Hall–Kier alpha value is -3.31. The first-order valence-corrected chi connectivity index (χ1v) is 9.06. The molecule has 0 radical (unpaired) electrons. The molecule has 1 unspecified atom stereocenters. The highest BCUT2D eigenvalue weighted by molar-refractivity contribution is 8.00. The summed E-state index contributed by atoms with van der Waals surface area (Å²) in [6.45, 7) is 6.02. The second-order valence-corrected chi connectivity index (χ2v) is 6.90. The first-order chi connectivity index (χ1) is 13.1. The third-order valence-corrected chi connectivity index (χ3v) is 4.81. The number of para-hydroxylation sites is 1. The number of aromatic nitrogens is 3. The van der Waals surface area contributed by atoms with Crippen LogP contribution < -0.4 is 5.32 Å². The van der Waals surface area contributed by atoms with Crippen LogP contribution in [0.2, 0.25) is 0 Å². The van der Waals surface area contributed by atoms with Crippen LogP contribution in [-0.4, -0.2) is 25.9 Å². The molecule has 8 heteroatoms. The molecule has 0 aliphatic rings. The Kier molecular flexibility index (Phi) is 5.74. The van der Waals surface area contributed by atoms with Crippen molar-refractivity contribution in [3.63, 3.8) is 0 Å². The first kappa shape index (κ1) is 18.5. The van der Waals surface area contributed by atoms with E-state index in [0.717, 1.165) is 0 Å². The number of amides is 1. The standard InChI is InChI=1S/C19H17N5O2S/c1-3-10-24-17(16-9-6-11-26-16)22-23-19(24)27-13(2)18(25)21-15-8-5-4-7-14(15)12-20/h3-9,11,13H,1,10H2,2H3,(H,21,25). The number of carbonyl (C=O) groups is 1. The molecule has 1 N–H and O–H groups in total. The minimum atomic E-state index is -0.450. The molecule has 1 atom stereocenters. The second-order valence-electron chi connectivity index (χ2n) is 5.59. The minimum Gasteiger partial charge on any atom is -0.461 e. The van der Waals surface area contributed by atoms with E-state index in [-0.39, 0.29) is 5.91 Å². The molecular weight excluding hydrogens is 362 g/mol. The fraction of sp³-hybridized carbons (Fsp3) is 0.158. The van der Waals surface area contributed by atoms with Gasteiger partial charge in [0.1, 0.15) is 6.07 Å². The molecule has 2 heterocycles. The summed E-state index contributed by atoms with van der Waals surface area (Å²) in [5.41, 5.74) is 0.902. The van der Waals surface area contributed by atoms with Crippen molar-refractivity contribution in [3.05, 3.63) is 60.9 Å². The Balaban J connectivity index is 1.77. The summed E-state index contributed by atoms with van der Waals surface area (Å²) in [6.07, 6.45) is 3.30. The van der Waals surface area contributed by atoms with Gasteiger partial charge in [0.2, 0.25) is 11.7 Å². The normalized spacial score (nSPS) is 11.6. The van der Waals surface area contributed by atoms with Gasteiger partial charge >= 0.3 is 0 Å². The van der Waals surface area contributed by atoms with Gasteiger partial charge in [0, 0.05) is 6.54 Å². The molecule has 2 aromatic heterocycles. The monoisotopic (exact) mass is 379 g/mol. The molecule has 0 aliphatic carbocycles. The molecule has 0 bridgehead atoms. The molecule has 3 aromatic rings. The van der Waals surface area contributed by atoms with Crippen LogP contribution in [0, 0.1) is 11.3 Å². The molecule has 0 saturated heterocycles. The maximum Gasteiger partial charge on any atom is 0.237 e. The highest BCUT2D eigenvalue weighted by atomic mass is 32.2. The fourth-order valence-corrected chi connectivity index (χ4v) is 3.25. The van der Waals surface area contributed by atoms with Crippen LogP contribution in [-0.2, 0) is 11.3 Å². The molecule has 3 rings (SSSR count). The van der Waals surface area contributed by atoms with Crippen molar-refractivity contribution in [2.24, 2.45) is 0 Å². The predicted octanol–water partition coefficient (Wildman–Crippen LogP) is 3.72. The molecule has 7 nitrogen and oxygen atoms in total. The van der Waals surface area contributed by atoms with Crippen molar-refractivity contribution in [1.29, 1.82) is 5.26 Å². The van der Waals surface area contributed by atoms with Gasteiger partial charge in [0.05, 0.1) is 22.8 Å². The van der Waals surface area contributed by atoms with E-state index >= 15 is 0 Å². The molecule has 27 heavy (non-hydrogen) atoms. The molecular formula is C19H17N5O2S. The van der Waals surface area contributed by atoms with Crippen LogP contribution in [0.4, 0.5) is 5.69 Å². The van der Waals surface area contributed by atoms with Crippen LogP contribution in [0.5, 0.6) is 0 Å². The number of nitrogens with zero attached hydrogens (tertiary/aromatic N) is 4. The zero-order valence-corrected chi connectivity index (χ0v) is 15.4. The van der Waals surface area contributed by atoms with Gasteiger partial charge in [-0.3, -0.25) is 9.36 Å². The molecule has 136 valence electrons. The molecule has 1 aromatic carbocycles. The van der Waals surface area contributed by atoms with Crippen molar-refractivity contribution in [2.45, 2.75) is 23.9 Å². The smallest absolute Gasteiger partial charge is 0.237 e. The Morgan fingerprint density at radius 2 is 2.22 bits per heavy atom. The van der Waals surface area contributed by atoms with Crippen LogP contribution >= 0.6 is 11.8 Å². The van der Waals surface area contributed by atoms with Crippen LogP contribution in [0.1, 0.15) is 12.5 Å². The number of nitriles is 1. The summed E-state index contributed by atoms with van der Waals surface area (Å²) in [4.78, 5) is 12.6. The Morgan fingerprint density at radius 1 is 1.41 bits per heavy atom. The van der Waals surface area contributed by atoms with E-state index in [2.05, 4.69) is 28.2 Å². The van der Waals surface area contributed by atoms with Crippen LogP contribution in [0.15, 0.2) is 64.9 Å². The summed E-state index contributed by atoms with van der Waals surface area (Å²) in [5, 5.41) is 20.4. The SMILES string of the molecule is C=CCn1c(SC(C)C(=O)Nc2ccccc2C#N)nnc1-c1ccco1. The van der Waals surface area contributed by atoms with Gasteiger partial charge in [-0.1, -0.05) is 30.0 Å². The van der Waals surface area contributed by atoms with Gasteiger partial charge in [-0.2, -0.15) is 5.26 Å². The minimum absolute atomic E-state index is 0.226. The number of rotatable bonds is 7. The van der Waals surface area contributed by atoms with Crippen molar-refractivity contribution < 1.29 is 9.21 Å². The van der Waals surface area contributed by atoms with Crippen molar-refractivity contribution >= 4 is 23.4 Å². The van der Waals surface area contributed by atoms with E-state index < -0.39 is 5.25 Å². The highest BCUT2D eigenvalue weighted by Gasteiger charge is 2.22. The van der Waals surface area contributed by atoms with Gasteiger partial charge in [0.15, 0.2) is 10.9 Å². The number of nitrogens with one attached hydrogen (secondary N) is 1. The maximum absolute atomic E-state index is 12.6. The third kappa shape index (κ3) is 4.10. The topological polar surface area (TPSA) is 96.7 Å². The number of benzene rings is 1. The van der Waals surface area contributed by atoms with Crippen molar-refractivity contribution in [2.75, 3.05) is 5.32 Å². The van der Waals surface area contributed by atoms with E-state index in [4.69, 9.17) is 9.68 Å². The number of anilines is 1. The fourth-order valence-electron chi connectivity index (χ4n) is 2.39. The molecule has 0 spiro atoms. The number of hydrogen-bond acceptors (Lipinski definition) is 6. The zero-order valence-electron chi connectivity index (χ0n) is 14.6. The van der Waals surface area contributed by atoms with Gasteiger partial charge < -0.3 is 9.73 Å². The zero-order chi connectivity index (χ0) is 19.2. The van der Waals surface area contributed by atoms with Crippen molar-refractivity contribution in [1.82, 2.24) is 14.8 Å². The van der Waals surface area contributed by atoms with Gasteiger partial charge in [-0.25, -0.2) is 0 Å². The number of thioether (sulfide) groups is 1. The molecule has 0 aliphatic heterocycles. The Bertz CT molecular complexity index is 988. The molecule has 0 saturated carbocycles. The average Bonchev–Trinajstić information content (AvgIpc) is 3.33. The number of allylic oxidation sites excluding steroid dienone is 1. The summed E-state index contributed by atoms with van der Waals surface area (Å²) in [7, 11) is 0.